The molecule has 0 spiro atoms. The number of benzene rings is 2. The van der Waals surface area contributed by atoms with Crippen molar-refractivity contribution >= 4 is 23.5 Å². The second kappa shape index (κ2) is 6.19. The van der Waals surface area contributed by atoms with Gasteiger partial charge in [-0.3, -0.25) is 9.93 Å². The Morgan fingerprint density at radius 1 is 1.30 bits per heavy atom. The van der Waals surface area contributed by atoms with Gasteiger partial charge >= 0.3 is 0 Å². The molecule has 2 aromatic rings. The molecule has 0 fully saturated rings. The van der Waals surface area contributed by atoms with Crippen LogP contribution in [0.1, 0.15) is 15.9 Å². The molecule has 2 aromatic carbocycles. The average Bonchev–Trinajstić information content (AvgIpc) is 2.47. The van der Waals surface area contributed by atoms with Crippen molar-refractivity contribution in [2.45, 2.75) is 4.90 Å². The first-order valence-corrected chi connectivity index (χ1v) is 6.50. The van der Waals surface area contributed by atoms with Gasteiger partial charge in [0.25, 0.3) is 5.91 Å². The summed E-state index contributed by atoms with van der Waals surface area (Å²) in [6.07, 6.45) is 0. The summed E-state index contributed by atoms with van der Waals surface area (Å²) in [4.78, 5) is 12.7. The van der Waals surface area contributed by atoms with E-state index in [9.17, 15) is 9.18 Å². The number of hydrogen-bond acceptors (Lipinski definition) is 4. The quantitative estimate of drug-likeness (QED) is 0.851. The van der Waals surface area contributed by atoms with Gasteiger partial charge in [0.2, 0.25) is 0 Å². The first-order chi connectivity index (χ1) is 9.63. The number of nitrogens with one attached hydrogen (secondary N) is 1. The Morgan fingerprint density at radius 3 is 2.75 bits per heavy atom. The molecule has 100 valence electrons. The summed E-state index contributed by atoms with van der Waals surface area (Å²) < 4.78 is 13.7. The molecule has 0 bridgehead atoms. The van der Waals surface area contributed by atoms with Gasteiger partial charge in [0.1, 0.15) is 5.82 Å². The summed E-state index contributed by atoms with van der Waals surface area (Å²) >= 11 is 1.05. The van der Waals surface area contributed by atoms with Crippen LogP contribution in [0.25, 0.3) is 0 Å². The van der Waals surface area contributed by atoms with Gasteiger partial charge in [-0.15, -0.1) is 0 Å². The first-order valence-electron chi connectivity index (χ1n) is 5.62. The number of anilines is 1. The van der Waals surface area contributed by atoms with Crippen LogP contribution in [0, 0.1) is 17.1 Å². The van der Waals surface area contributed by atoms with Gasteiger partial charge in [0.15, 0.2) is 0 Å². The lowest BCUT2D eigenvalue weighted by atomic mass is 10.1. The van der Waals surface area contributed by atoms with Crippen LogP contribution in [0.15, 0.2) is 47.4 Å². The summed E-state index contributed by atoms with van der Waals surface area (Å²) in [5.41, 5.74) is 0.574. The van der Waals surface area contributed by atoms with Gasteiger partial charge in [-0.1, -0.05) is 6.07 Å². The molecule has 20 heavy (non-hydrogen) atoms. The van der Waals surface area contributed by atoms with Gasteiger partial charge < -0.3 is 5.32 Å². The van der Waals surface area contributed by atoms with E-state index in [4.69, 9.17) is 10.4 Å². The Balaban J connectivity index is 2.22. The Labute approximate surface area is 119 Å². The molecule has 0 heterocycles. The maximum Gasteiger partial charge on any atom is 0.258 e. The van der Waals surface area contributed by atoms with Crippen molar-refractivity contribution < 1.29 is 9.18 Å². The van der Waals surface area contributed by atoms with Crippen LogP contribution in [-0.4, -0.2) is 5.91 Å². The molecule has 0 aliphatic heterocycles. The van der Waals surface area contributed by atoms with Crippen molar-refractivity contribution in [2.24, 2.45) is 5.14 Å². The number of nitrogens with zero attached hydrogens (tertiary/aromatic N) is 1. The lowest BCUT2D eigenvalue weighted by Gasteiger charge is -2.07. The number of halogens is 1. The third kappa shape index (κ3) is 3.15. The van der Waals surface area contributed by atoms with Crippen LogP contribution in [0.2, 0.25) is 0 Å². The molecule has 6 heteroatoms. The smallest absolute Gasteiger partial charge is 0.258 e. The average molecular weight is 287 g/mol. The molecule has 3 N–H and O–H groups in total. The van der Waals surface area contributed by atoms with Crippen molar-refractivity contribution in [2.75, 3.05) is 5.32 Å². The third-order valence-corrected chi connectivity index (χ3v) is 3.10. The predicted molar refractivity (Wildman–Crippen MR) is 75.6 cm³/mol. The van der Waals surface area contributed by atoms with Crippen molar-refractivity contribution in [1.82, 2.24) is 0 Å². The van der Waals surface area contributed by atoms with E-state index in [0.717, 1.165) is 22.9 Å². The Bertz CT molecular complexity index is 697. The summed E-state index contributed by atoms with van der Waals surface area (Å²) in [5, 5.41) is 16.7. The van der Waals surface area contributed by atoms with Gasteiger partial charge in [0.05, 0.1) is 17.2 Å². The topological polar surface area (TPSA) is 78.9 Å². The van der Waals surface area contributed by atoms with E-state index in [2.05, 4.69) is 5.32 Å². The molecule has 0 radical (unpaired) electrons. The van der Waals surface area contributed by atoms with Gasteiger partial charge in [-0.25, -0.2) is 4.39 Å². The van der Waals surface area contributed by atoms with Crippen molar-refractivity contribution in [1.29, 1.82) is 5.26 Å². The highest BCUT2D eigenvalue weighted by Gasteiger charge is 2.12. The number of nitrogens with two attached hydrogens (primary N) is 1. The lowest BCUT2D eigenvalue weighted by molar-refractivity contribution is 0.102. The number of carbonyl (C=O) groups is 1. The highest BCUT2D eigenvalue weighted by Crippen LogP contribution is 2.18. The van der Waals surface area contributed by atoms with Crippen molar-refractivity contribution in [3.8, 4) is 6.07 Å². The zero-order chi connectivity index (χ0) is 14.5. The van der Waals surface area contributed by atoms with E-state index in [1.807, 2.05) is 6.07 Å². The summed E-state index contributed by atoms with van der Waals surface area (Å²) in [7, 11) is 0. The normalized spacial score (nSPS) is 9.85. The fourth-order valence-corrected chi connectivity index (χ4v) is 1.97. The van der Waals surface area contributed by atoms with Gasteiger partial charge in [0, 0.05) is 10.6 Å². The SMILES string of the molecule is N#Cc1ccc(C(=O)Nc2cccc(SN)c2)c(F)c1. The number of amides is 1. The molecule has 0 saturated heterocycles. The summed E-state index contributed by atoms with van der Waals surface area (Å²) in [6, 6.07) is 12.4. The van der Waals surface area contributed by atoms with Crippen molar-refractivity contribution in [3.63, 3.8) is 0 Å². The minimum absolute atomic E-state index is 0.116. The first kappa shape index (κ1) is 14.1. The predicted octanol–water partition coefficient (Wildman–Crippen LogP) is 2.92. The fraction of sp³-hybridized carbons (Fsp3) is 0. The van der Waals surface area contributed by atoms with E-state index in [1.165, 1.54) is 12.1 Å². The molecule has 0 aromatic heterocycles. The maximum absolute atomic E-state index is 13.7. The molecular weight excluding hydrogens is 277 g/mol. The third-order valence-electron chi connectivity index (χ3n) is 2.57. The van der Waals surface area contributed by atoms with E-state index in [-0.39, 0.29) is 11.1 Å². The Kier molecular flexibility index (Phi) is 4.35. The highest BCUT2D eigenvalue weighted by molar-refractivity contribution is 7.97. The number of rotatable bonds is 3. The van der Waals surface area contributed by atoms with Crippen LogP contribution in [0.3, 0.4) is 0 Å². The summed E-state index contributed by atoms with van der Waals surface area (Å²) in [6.45, 7) is 0. The molecule has 0 atom stereocenters. The number of carbonyl (C=O) groups excluding carboxylic acids is 1. The monoisotopic (exact) mass is 287 g/mol. The van der Waals surface area contributed by atoms with Crippen LogP contribution in [-0.2, 0) is 0 Å². The maximum atomic E-state index is 13.7. The van der Waals surface area contributed by atoms with Crippen LogP contribution in [0.5, 0.6) is 0 Å². The zero-order valence-electron chi connectivity index (χ0n) is 10.3. The minimum atomic E-state index is -0.731. The molecule has 0 aliphatic carbocycles. The van der Waals surface area contributed by atoms with Crippen molar-refractivity contribution in [3.05, 3.63) is 59.4 Å². The molecule has 4 nitrogen and oxygen atoms in total. The molecular formula is C14H10FN3OS. The Morgan fingerprint density at radius 2 is 2.10 bits per heavy atom. The van der Waals surface area contributed by atoms with Crippen LogP contribution < -0.4 is 10.5 Å². The molecule has 2 rings (SSSR count). The molecule has 0 saturated carbocycles. The number of hydrogen-bond donors (Lipinski definition) is 2. The standard InChI is InChI=1S/C14H10FN3OS/c15-13-6-9(8-16)4-5-12(13)14(19)18-10-2-1-3-11(7-10)20-17/h1-7H,17H2,(H,18,19). The molecule has 0 aliphatic rings. The van der Waals surface area contributed by atoms with Crippen LogP contribution in [0.4, 0.5) is 10.1 Å². The molecule has 1 amide bonds. The van der Waals surface area contributed by atoms with Gasteiger partial charge in [-0.05, 0) is 48.3 Å². The summed E-state index contributed by atoms with van der Waals surface area (Å²) in [5.74, 6) is -1.31. The second-order valence-electron chi connectivity index (χ2n) is 3.91. The van der Waals surface area contributed by atoms with E-state index < -0.39 is 11.7 Å². The van der Waals surface area contributed by atoms with E-state index in [1.54, 1.807) is 24.3 Å². The largest absolute Gasteiger partial charge is 0.322 e. The molecule has 0 unspecified atom stereocenters. The lowest BCUT2D eigenvalue weighted by Crippen LogP contribution is -2.13. The van der Waals surface area contributed by atoms with E-state index >= 15 is 0 Å². The fourth-order valence-electron chi connectivity index (χ4n) is 1.61. The zero-order valence-corrected chi connectivity index (χ0v) is 11.1. The highest BCUT2D eigenvalue weighted by atomic mass is 32.2. The Hall–Kier alpha value is -2.36. The van der Waals surface area contributed by atoms with Gasteiger partial charge in [-0.2, -0.15) is 5.26 Å². The van der Waals surface area contributed by atoms with E-state index in [0.29, 0.717) is 5.69 Å². The number of nitriles is 1. The van der Waals surface area contributed by atoms with Crippen LogP contribution >= 0.6 is 11.9 Å². The minimum Gasteiger partial charge on any atom is -0.322 e. The second-order valence-corrected chi connectivity index (χ2v) is 4.61.